The molecule has 0 aliphatic heterocycles. The van der Waals surface area contributed by atoms with E-state index in [1.807, 2.05) is 0 Å². The molecule has 0 amide bonds. The van der Waals surface area contributed by atoms with E-state index in [9.17, 15) is 26.3 Å². The van der Waals surface area contributed by atoms with Crippen molar-refractivity contribution in [3.63, 3.8) is 0 Å². The fraction of sp³-hybridized carbons (Fsp3) is 0.0909. The number of aromatic nitrogens is 5. The number of H-pyrrole nitrogens is 1. The molecular formula is C22H12F6N5O+. The fourth-order valence-electron chi connectivity index (χ4n) is 3.38. The molecule has 172 valence electrons. The Kier molecular flexibility index (Phi) is 5.07. The summed E-state index contributed by atoms with van der Waals surface area (Å²) in [6.45, 7) is 0.0495. The van der Waals surface area contributed by atoms with Crippen molar-refractivity contribution in [3.05, 3.63) is 83.6 Å². The van der Waals surface area contributed by atoms with E-state index in [4.69, 9.17) is 4.52 Å². The molecule has 0 saturated heterocycles. The fourth-order valence-corrected chi connectivity index (χ4v) is 3.38. The Labute approximate surface area is 186 Å². The van der Waals surface area contributed by atoms with Gasteiger partial charge in [-0.05, 0) is 35.4 Å². The Morgan fingerprint density at radius 1 is 0.971 bits per heavy atom. The molecule has 2 aromatic carbocycles. The number of nitrogens with zero attached hydrogens (tertiary/aromatic N) is 4. The van der Waals surface area contributed by atoms with Crippen LogP contribution in [-0.4, -0.2) is 20.2 Å². The first-order chi connectivity index (χ1) is 16.2. The molecule has 0 fully saturated rings. The highest BCUT2D eigenvalue weighted by Crippen LogP contribution is 2.32. The number of hydrogen-bond donors (Lipinski definition) is 1. The number of halogens is 6. The average Bonchev–Trinajstić information content (AvgIpc) is 3.41. The Morgan fingerprint density at radius 2 is 1.79 bits per heavy atom. The highest BCUT2D eigenvalue weighted by Gasteiger charge is 2.31. The molecule has 12 heteroatoms. The van der Waals surface area contributed by atoms with Gasteiger partial charge in [0.15, 0.2) is 11.6 Å². The van der Waals surface area contributed by atoms with Crippen LogP contribution < -0.4 is 4.68 Å². The first-order valence-electron chi connectivity index (χ1n) is 9.71. The Morgan fingerprint density at radius 3 is 2.56 bits per heavy atom. The molecule has 34 heavy (non-hydrogen) atoms. The van der Waals surface area contributed by atoms with Crippen molar-refractivity contribution >= 4 is 11.0 Å². The molecule has 0 aliphatic carbocycles. The summed E-state index contributed by atoms with van der Waals surface area (Å²) < 4.78 is 86.6. The van der Waals surface area contributed by atoms with Crippen molar-refractivity contribution in [2.75, 3.05) is 0 Å². The van der Waals surface area contributed by atoms with Crippen molar-refractivity contribution in [2.45, 2.75) is 12.7 Å². The van der Waals surface area contributed by atoms with E-state index < -0.39 is 29.2 Å². The van der Waals surface area contributed by atoms with E-state index in [-0.39, 0.29) is 35.0 Å². The summed E-state index contributed by atoms with van der Waals surface area (Å²) in [5.74, 6) is -2.76. The Hall–Kier alpha value is -4.22. The number of aromatic amines is 1. The topological polar surface area (TPSA) is 71.5 Å². The standard InChI is InChI=1S/C22H11F6N5O/c23-15-3-1-2-14(20(15)25)21-30-18-8-29-33(10-19(18)31-21)9-12-7-17(32-34-12)13-5-4-11(6-16(13)24)22(26,27)28/h1-8,10H,9H2/p+1. The largest absolute Gasteiger partial charge is 0.416 e. The third-order valence-corrected chi connectivity index (χ3v) is 5.02. The lowest BCUT2D eigenvalue weighted by Crippen LogP contribution is -2.37. The maximum atomic E-state index is 14.2. The molecule has 5 aromatic rings. The molecule has 3 aromatic heterocycles. The highest BCUT2D eigenvalue weighted by atomic mass is 19.4. The second-order valence-electron chi connectivity index (χ2n) is 7.33. The van der Waals surface area contributed by atoms with Crippen LogP contribution >= 0.6 is 0 Å². The number of alkyl halides is 3. The van der Waals surface area contributed by atoms with Crippen LogP contribution in [0.2, 0.25) is 0 Å². The third kappa shape index (κ3) is 3.98. The van der Waals surface area contributed by atoms with Crippen molar-refractivity contribution in [2.24, 2.45) is 0 Å². The summed E-state index contributed by atoms with van der Waals surface area (Å²) in [4.78, 5) is 7.11. The van der Waals surface area contributed by atoms with Crippen LogP contribution in [0.4, 0.5) is 26.3 Å². The molecule has 1 N–H and O–H groups in total. The van der Waals surface area contributed by atoms with Gasteiger partial charge in [0.25, 0.3) is 0 Å². The monoisotopic (exact) mass is 476 g/mol. The minimum absolute atomic E-state index is 0.0216. The number of benzene rings is 2. The third-order valence-electron chi connectivity index (χ3n) is 5.02. The van der Waals surface area contributed by atoms with Crippen molar-refractivity contribution in [1.29, 1.82) is 0 Å². The predicted molar refractivity (Wildman–Crippen MR) is 105 cm³/mol. The van der Waals surface area contributed by atoms with Gasteiger partial charge >= 0.3 is 6.18 Å². The molecule has 0 saturated carbocycles. The lowest BCUT2D eigenvalue weighted by atomic mass is 10.1. The minimum Gasteiger partial charge on any atom is -0.354 e. The first kappa shape index (κ1) is 21.6. The van der Waals surface area contributed by atoms with Crippen LogP contribution in [0.3, 0.4) is 0 Å². The zero-order valence-electron chi connectivity index (χ0n) is 16.9. The summed E-state index contributed by atoms with van der Waals surface area (Å²) in [6.07, 6.45) is -1.72. The lowest BCUT2D eigenvalue weighted by molar-refractivity contribution is -0.746. The van der Waals surface area contributed by atoms with Gasteiger partial charge in [-0.1, -0.05) is 15.9 Å². The van der Waals surface area contributed by atoms with Crippen molar-refractivity contribution in [3.8, 4) is 22.6 Å². The van der Waals surface area contributed by atoms with Gasteiger partial charge < -0.3 is 9.51 Å². The molecule has 0 spiro atoms. The van der Waals surface area contributed by atoms with Crippen LogP contribution in [0, 0.1) is 17.5 Å². The smallest absolute Gasteiger partial charge is 0.354 e. The molecule has 0 radical (unpaired) electrons. The van der Waals surface area contributed by atoms with Gasteiger partial charge in [-0.3, -0.25) is 0 Å². The van der Waals surface area contributed by atoms with Crippen LogP contribution in [0.1, 0.15) is 11.3 Å². The molecule has 0 atom stereocenters. The number of rotatable bonds is 4. The summed E-state index contributed by atoms with van der Waals surface area (Å²) in [5.41, 5.74) is -0.397. The summed E-state index contributed by atoms with van der Waals surface area (Å²) in [6, 6.07) is 7.26. The zero-order valence-corrected chi connectivity index (χ0v) is 16.9. The number of nitrogens with one attached hydrogen (secondary N) is 1. The summed E-state index contributed by atoms with van der Waals surface area (Å²) in [5, 5.41) is 7.89. The Balaban J connectivity index is 1.40. The number of hydrogen-bond acceptors (Lipinski definition) is 4. The van der Waals surface area contributed by atoms with E-state index in [0.717, 1.165) is 18.2 Å². The molecule has 0 bridgehead atoms. The highest BCUT2D eigenvalue weighted by molar-refractivity contribution is 5.77. The van der Waals surface area contributed by atoms with Gasteiger partial charge in [0.2, 0.25) is 18.5 Å². The van der Waals surface area contributed by atoms with Crippen LogP contribution in [0.25, 0.3) is 33.7 Å². The number of fused-ring (bicyclic) bond motifs is 1. The minimum atomic E-state index is -4.66. The van der Waals surface area contributed by atoms with Gasteiger partial charge in [-0.2, -0.15) is 13.2 Å². The molecule has 6 nitrogen and oxygen atoms in total. The van der Waals surface area contributed by atoms with Gasteiger partial charge in [-0.15, -0.1) is 0 Å². The molecule has 3 heterocycles. The van der Waals surface area contributed by atoms with Crippen LogP contribution in [0.15, 0.2) is 59.4 Å². The van der Waals surface area contributed by atoms with Gasteiger partial charge in [0, 0.05) is 11.6 Å². The normalized spacial score (nSPS) is 11.9. The number of imidazole rings is 1. The molecule has 0 aliphatic rings. The summed E-state index contributed by atoms with van der Waals surface area (Å²) in [7, 11) is 0. The predicted octanol–water partition coefficient (Wildman–Crippen LogP) is 5.05. The van der Waals surface area contributed by atoms with Crippen molar-refractivity contribution in [1.82, 2.24) is 20.2 Å². The lowest BCUT2D eigenvalue weighted by Gasteiger charge is -2.07. The SMILES string of the molecule is Fc1cc(C(F)(F)F)ccc1-c1cc(C[n+]2cc3[nH]c(-c4cccc(F)c4F)nc3cn2)on1. The molecule has 5 rings (SSSR count). The molecule has 0 unspecified atom stereocenters. The zero-order chi connectivity index (χ0) is 24.0. The summed E-state index contributed by atoms with van der Waals surface area (Å²) >= 11 is 0. The first-order valence-corrected chi connectivity index (χ1v) is 9.71. The van der Waals surface area contributed by atoms with E-state index in [1.165, 1.54) is 29.1 Å². The van der Waals surface area contributed by atoms with Crippen LogP contribution in [-0.2, 0) is 12.7 Å². The Bertz CT molecular complexity index is 1520. The van der Waals surface area contributed by atoms with Gasteiger partial charge in [0.05, 0.1) is 11.1 Å². The quantitative estimate of drug-likeness (QED) is 0.291. The molecular weight excluding hydrogens is 464 g/mol. The van der Waals surface area contributed by atoms with Gasteiger partial charge in [0.1, 0.15) is 34.6 Å². The van der Waals surface area contributed by atoms with Crippen molar-refractivity contribution < 1.29 is 35.5 Å². The van der Waals surface area contributed by atoms with Crippen LogP contribution in [0.5, 0.6) is 0 Å². The van der Waals surface area contributed by atoms with E-state index in [2.05, 4.69) is 20.2 Å². The van der Waals surface area contributed by atoms with Gasteiger partial charge in [-0.25, -0.2) is 18.2 Å². The maximum Gasteiger partial charge on any atom is 0.416 e. The second kappa shape index (κ2) is 7.97. The second-order valence-corrected chi connectivity index (χ2v) is 7.33. The maximum absolute atomic E-state index is 14.2. The van der Waals surface area contributed by atoms with E-state index in [1.54, 1.807) is 6.20 Å². The average molecular weight is 476 g/mol. The van der Waals surface area contributed by atoms with E-state index >= 15 is 0 Å². The van der Waals surface area contributed by atoms with E-state index in [0.29, 0.717) is 17.1 Å².